The molecule has 0 saturated carbocycles. The Morgan fingerprint density at radius 2 is 1.44 bits per heavy atom. The number of unbranched alkanes of at least 4 members (excludes halogenated alkanes) is 2. The van der Waals surface area contributed by atoms with Gasteiger partial charge in [0, 0.05) is 68.3 Å². The van der Waals surface area contributed by atoms with E-state index < -0.39 is 0 Å². The van der Waals surface area contributed by atoms with Crippen molar-refractivity contribution >= 4 is 56.8 Å². The number of carbonyl (C=O) groups excluding carboxylic acids is 6. The van der Waals surface area contributed by atoms with E-state index in [-0.39, 0.29) is 67.4 Å². The Balaban J connectivity index is 1.99. The van der Waals surface area contributed by atoms with E-state index in [9.17, 15) is 28.8 Å². The van der Waals surface area contributed by atoms with Crippen molar-refractivity contribution < 1.29 is 28.8 Å². The zero-order valence-corrected chi connectivity index (χ0v) is 25.5. The second-order valence-corrected chi connectivity index (χ2v) is 13.9. The predicted molar refractivity (Wildman–Crippen MR) is 157 cm³/mol. The molecular formula is C28H45N3O6S2. The van der Waals surface area contributed by atoms with Crippen LogP contribution < -0.4 is 10.6 Å². The van der Waals surface area contributed by atoms with Crippen LogP contribution in [0, 0.1) is 5.41 Å². The molecule has 0 spiro atoms. The molecule has 9 nitrogen and oxygen atoms in total. The molecule has 0 aromatic rings. The molecule has 0 radical (unpaired) electrons. The largest absolute Gasteiger partial charge is 0.356 e. The topological polar surface area (TPSA) is 130 Å². The van der Waals surface area contributed by atoms with E-state index in [0.717, 1.165) is 18.6 Å². The number of imide groups is 1. The number of Topliss-reactive ketones (excluding diaryl/α,β-unsaturated/α-hetero) is 2. The van der Waals surface area contributed by atoms with Gasteiger partial charge < -0.3 is 10.6 Å². The second-order valence-electron chi connectivity index (χ2n) is 11.0. The highest BCUT2D eigenvalue weighted by Gasteiger charge is 2.22. The summed E-state index contributed by atoms with van der Waals surface area (Å²) in [6.07, 6.45) is 7.07. The third-order valence-electron chi connectivity index (χ3n) is 5.84. The number of rotatable bonds is 21. The van der Waals surface area contributed by atoms with E-state index in [2.05, 4.69) is 38.3 Å². The van der Waals surface area contributed by atoms with Crippen molar-refractivity contribution in [1.82, 2.24) is 15.5 Å². The van der Waals surface area contributed by atoms with Gasteiger partial charge in [-0.15, -0.1) is 0 Å². The smallest absolute Gasteiger partial charge is 0.253 e. The molecule has 1 aliphatic heterocycles. The number of amides is 4. The molecule has 2 N–H and O–H groups in total. The van der Waals surface area contributed by atoms with E-state index in [1.807, 2.05) is 21.6 Å². The standard InChI is InChI=1S/C28H45N3O6S2/c1-21(19-28(2,3)4)39-38-18-8-16-29-24(34)13-11-23(33)20-30-25(35)12-10-22(32)9-6-5-7-17-31-26(36)14-15-27(31)37/h14-15,21H,5-13,16-20H2,1-4H3,(H,29,34)(H,30,35). The first-order valence-corrected chi connectivity index (χ1v) is 16.1. The number of hydrogen-bond donors (Lipinski definition) is 2. The van der Waals surface area contributed by atoms with Gasteiger partial charge in [-0.3, -0.25) is 33.7 Å². The first-order valence-electron chi connectivity index (χ1n) is 13.8. The minimum Gasteiger partial charge on any atom is -0.356 e. The minimum atomic E-state index is -0.369. The number of ketones is 2. The van der Waals surface area contributed by atoms with Gasteiger partial charge in [0.2, 0.25) is 11.8 Å². The Bertz CT molecular complexity index is 867. The summed E-state index contributed by atoms with van der Waals surface area (Å²) in [4.78, 5) is 72.0. The molecule has 1 heterocycles. The Morgan fingerprint density at radius 1 is 0.821 bits per heavy atom. The molecule has 1 rings (SSSR count). The van der Waals surface area contributed by atoms with Gasteiger partial charge in [-0.1, -0.05) is 55.7 Å². The van der Waals surface area contributed by atoms with Crippen molar-refractivity contribution in [1.29, 1.82) is 0 Å². The molecular weight excluding hydrogens is 538 g/mol. The summed E-state index contributed by atoms with van der Waals surface area (Å²) in [5.74, 6) is -0.468. The van der Waals surface area contributed by atoms with Crippen molar-refractivity contribution in [3.63, 3.8) is 0 Å². The van der Waals surface area contributed by atoms with Gasteiger partial charge >= 0.3 is 0 Å². The van der Waals surface area contributed by atoms with Crippen molar-refractivity contribution in [3.05, 3.63) is 12.2 Å². The zero-order valence-electron chi connectivity index (χ0n) is 23.8. The fourth-order valence-electron chi connectivity index (χ4n) is 3.93. The van der Waals surface area contributed by atoms with Gasteiger partial charge in [-0.2, -0.15) is 0 Å². The first kappa shape index (κ1) is 34.9. The van der Waals surface area contributed by atoms with E-state index >= 15 is 0 Å². The van der Waals surface area contributed by atoms with E-state index in [0.29, 0.717) is 49.4 Å². The highest BCUT2D eigenvalue weighted by atomic mass is 33.1. The van der Waals surface area contributed by atoms with Crippen LogP contribution in [-0.2, 0) is 28.8 Å². The maximum absolute atomic E-state index is 12.0. The summed E-state index contributed by atoms with van der Waals surface area (Å²) < 4.78 is 0. The second kappa shape index (κ2) is 19.0. The Hall–Kier alpha value is -2.14. The van der Waals surface area contributed by atoms with Gasteiger partial charge in [0.15, 0.2) is 5.78 Å². The Morgan fingerprint density at radius 3 is 2.08 bits per heavy atom. The normalized spacial score (nSPS) is 14.0. The number of carbonyl (C=O) groups is 6. The van der Waals surface area contributed by atoms with Crippen LogP contribution in [0.5, 0.6) is 0 Å². The molecule has 0 aliphatic carbocycles. The van der Waals surface area contributed by atoms with Crippen LogP contribution >= 0.6 is 21.6 Å². The summed E-state index contributed by atoms with van der Waals surface area (Å²) in [7, 11) is 3.71. The third kappa shape index (κ3) is 17.9. The van der Waals surface area contributed by atoms with E-state index in [1.165, 1.54) is 17.1 Å². The molecule has 0 bridgehead atoms. The van der Waals surface area contributed by atoms with Crippen molar-refractivity contribution in [2.45, 2.75) is 97.2 Å². The van der Waals surface area contributed by atoms with E-state index in [1.54, 1.807) is 0 Å². The van der Waals surface area contributed by atoms with Crippen LogP contribution in [0.2, 0.25) is 0 Å². The highest BCUT2D eigenvalue weighted by Crippen LogP contribution is 2.34. The maximum atomic E-state index is 12.0. The van der Waals surface area contributed by atoms with Crippen LogP contribution in [0.3, 0.4) is 0 Å². The van der Waals surface area contributed by atoms with Crippen LogP contribution in [-0.4, -0.2) is 70.7 Å². The van der Waals surface area contributed by atoms with Gasteiger partial charge in [0.05, 0.1) is 6.54 Å². The third-order valence-corrected chi connectivity index (χ3v) is 8.82. The molecule has 1 aliphatic rings. The fraction of sp³-hybridized carbons (Fsp3) is 0.714. The average Bonchev–Trinajstić information content (AvgIpc) is 3.17. The molecule has 0 saturated heterocycles. The lowest BCUT2D eigenvalue weighted by atomic mass is 9.91. The Kier molecular flexibility index (Phi) is 17.0. The van der Waals surface area contributed by atoms with Gasteiger partial charge in [-0.25, -0.2) is 0 Å². The summed E-state index contributed by atoms with van der Waals surface area (Å²) in [6, 6.07) is 0. The highest BCUT2D eigenvalue weighted by molar-refractivity contribution is 8.76. The quantitative estimate of drug-likeness (QED) is 0.118. The summed E-state index contributed by atoms with van der Waals surface area (Å²) in [5, 5.41) is 5.93. The van der Waals surface area contributed by atoms with Crippen LogP contribution in [0.1, 0.15) is 91.9 Å². The number of nitrogens with zero attached hydrogens (tertiary/aromatic N) is 1. The van der Waals surface area contributed by atoms with Crippen LogP contribution in [0.15, 0.2) is 12.2 Å². The number of hydrogen-bond acceptors (Lipinski definition) is 8. The minimum absolute atomic E-state index is 0.0142. The predicted octanol–water partition coefficient (Wildman–Crippen LogP) is 4.00. The Labute approximate surface area is 240 Å². The summed E-state index contributed by atoms with van der Waals surface area (Å²) >= 11 is 0. The average molecular weight is 584 g/mol. The molecule has 4 amide bonds. The SMILES string of the molecule is CC(CC(C)(C)C)SSCCCNC(=O)CCC(=O)CNC(=O)CCC(=O)CCCCCN1C(=O)C=CC1=O. The van der Waals surface area contributed by atoms with Crippen molar-refractivity contribution in [2.24, 2.45) is 5.41 Å². The molecule has 0 aromatic carbocycles. The molecule has 1 unspecified atom stereocenters. The lowest BCUT2D eigenvalue weighted by molar-refractivity contribution is -0.137. The maximum Gasteiger partial charge on any atom is 0.253 e. The molecule has 0 aromatic heterocycles. The molecule has 11 heteroatoms. The number of nitrogens with one attached hydrogen (secondary N) is 2. The first-order chi connectivity index (χ1) is 18.4. The summed E-state index contributed by atoms with van der Waals surface area (Å²) in [6.45, 7) is 9.73. The monoisotopic (exact) mass is 583 g/mol. The fourth-order valence-corrected chi connectivity index (χ4v) is 6.64. The van der Waals surface area contributed by atoms with Gasteiger partial charge in [0.25, 0.3) is 11.8 Å². The zero-order chi connectivity index (χ0) is 29.3. The van der Waals surface area contributed by atoms with E-state index in [4.69, 9.17) is 0 Å². The summed E-state index contributed by atoms with van der Waals surface area (Å²) in [5.41, 5.74) is 0.322. The molecule has 1 atom stereocenters. The van der Waals surface area contributed by atoms with Crippen LogP contribution in [0.25, 0.3) is 0 Å². The lowest BCUT2D eigenvalue weighted by Gasteiger charge is -2.22. The van der Waals surface area contributed by atoms with Gasteiger partial charge in [0.1, 0.15) is 5.78 Å². The molecule has 220 valence electrons. The van der Waals surface area contributed by atoms with Crippen LogP contribution in [0.4, 0.5) is 0 Å². The van der Waals surface area contributed by atoms with Crippen molar-refractivity contribution in [2.75, 3.05) is 25.4 Å². The van der Waals surface area contributed by atoms with Crippen molar-refractivity contribution in [3.8, 4) is 0 Å². The van der Waals surface area contributed by atoms with Gasteiger partial charge in [-0.05, 0) is 31.1 Å². The molecule has 0 fully saturated rings. The lowest BCUT2D eigenvalue weighted by Crippen LogP contribution is -2.31. The molecule has 39 heavy (non-hydrogen) atoms.